The number of hydrogen-bond acceptors (Lipinski definition) is 3. The summed E-state index contributed by atoms with van der Waals surface area (Å²) in [5.74, 6) is 0.606. The minimum atomic E-state index is -0.340. The number of nitrogens with zero attached hydrogens (tertiary/aromatic N) is 1. The molecule has 0 unspecified atom stereocenters. The first-order valence-corrected chi connectivity index (χ1v) is 9.21. The fraction of sp³-hybridized carbons (Fsp3) is 0. The summed E-state index contributed by atoms with van der Waals surface area (Å²) in [4.78, 5) is 12.1. The van der Waals surface area contributed by atoms with Crippen LogP contribution in [0.2, 0.25) is 15.1 Å². The molecule has 3 aromatic rings. The molecule has 0 saturated carbocycles. The molecule has 2 aromatic carbocycles. The normalized spacial score (nSPS) is 11.1. The lowest BCUT2D eigenvalue weighted by Gasteiger charge is -2.03. The molecule has 1 aromatic heterocycles. The van der Waals surface area contributed by atoms with Crippen molar-refractivity contribution in [2.75, 3.05) is 0 Å². The van der Waals surface area contributed by atoms with E-state index in [4.69, 9.17) is 39.2 Å². The van der Waals surface area contributed by atoms with Crippen molar-refractivity contribution >= 4 is 62.9 Å². The van der Waals surface area contributed by atoms with Crippen LogP contribution in [0, 0.1) is 0 Å². The number of halogens is 4. The van der Waals surface area contributed by atoms with Crippen LogP contribution in [0.4, 0.5) is 0 Å². The van der Waals surface area contributed by atoms with Gasteiger partial charge in [0.1, 0.15) is 11.5 Å². The molecule has 1 amide bonds. The molecule has 26 heavy (non-hydrogen) atoms. The summed E-state index contributed by atoms with van der Waals surface area (Å²) in [6.07, 6.45) is 1.39. The zero-order valence-electron chi connectivity index (χ0n) is 13.0. The van der Waals surface area contributed by atoms with Crippen LogP contribution in [0.3, 0.4) is 0 Å². The van der Waals surface area contributed by atoms with Crippen molar-refractivity contribution in [2.45, 2.75) is 0 Å². The van der Waals surface area contributed by atoms with E-state index in [9.17, 15) is 4.79 Å². The van der Waals surface area contributed by atoms with Gasteiger partial charge in [-0.2, -0.15) is 5.10 Å². The van der Waals surface area contributed by atoms with E-state index in [1.807, 2.05) is 6.07 Å². The lowest BCUT2D eigenvalue weighted by Crippen LogP contribution is -2.17. The Bertz CT molecular complexity index is 1000. The topological polar surface area (TPSA) is 54.6 Å². The maximum absolute atomic E-state index is 12.1. The lowest BCUT2D eigenvalue weighted by molar-refractivity contribution is 0.0954. The zero-order chi connectivity index (χ0) is 18.7. The maximum Gasteiger partial charge on any atom is 0.272 e. The predicted molar refractivity (Wildman–Crippen MR) is 108 cm³/mol. The molecule has 0 aliphatic rings. The smallest absolute Gasteiger partial charge is 0.272 e. The predicted octanol–water partition coefficient (Wildman–Crippen LogP) is 6.43. The summed E-state index contributed by atoms with van der Waals surface area (Å²) in [7, 11) is 0. The Balaban J connectivity index is 1.73. The quantitative estimate of drug-likeness (QED) is 0.270. The Labute approximate surface area is 172 Å². The summed E-state index contributed by atoms with van der Waals surface area (Å²) in [6, 6.07) is 13.6. The fourth-order valence-corrected chi connectivity index (χ4v) is 3.24. The minimum absolute atomic E-state index is 0.340. The average molecular weight is 473 g/mol. The number of carbonyl (C=O) groups is 1. The van der Waals surface area contributed by atoms with Gasteiger partial charge >= 0.3 is 0 Å². The molecule has 4 nitrogen and oxygen atoms in total. The Morgan fingerprint density at radius 1 is 1.04 bits per heavy atom. The monoisotopic (exact) mass is 470 g/mol. The number of rotatable bonds is 4. The van der Waals surface area contributed by atoms with Gasteiger partial charge in [0.25, 0.3) is 5.91 Å². The summed E-state index contributed by atoms with van der Waals surface area (Å²) in [5.41, 5.74) is 3.53. The van der Waals surface area contributed by atoms with E-state index in [1.54, 1.807) is 42.5 Å². The Kier molecular flexibility index (Phi) is 6.04. The van der Waals surface area contributed by atoms with Crippen LogP contribution >= 0.6 is 50.7 Å². The van der Waals surface area contributed by atoms with Crippen molar-refractivity contribution in [2.24, 2.45) is 5.10 Å². The van der Waals surface area contributed by atoms with E-state index < -0.39 is 0 Å². The van der Waals surface area contributed by atoms with Gasteiger partial charge in [-0.25, -0.2) is 5.43 Å². The van der Waals surface area contributed by atoms with E-state index in [2.05, 4.69) is 26.5 Å². The molecule has 132 valence electrons. The molecule has 0 spiro atoms. The summed E-state index contributed by atoms with van der Waals surface area (Å²) >= 11 is 21.4. The Morgan fingerprint density at radius 2 is 1.77 bits per heavy atom. The van der Waals surface area contributed by atoms with Crippen LogP contribution in [0.5, 0.6) is 0 Å². The van der Waals surface area contributed by atoms with E-state index in [0.717, 1.165) is 0 Å². The first-order valence-electron chi connectivity index (χ1n) is 7.28. The molecule has 0 aliphatic heterocycles. The van der Waals surface area contributed by atoms with Gasteiger partial charge in [0, 0.05) is 10.0 Å². The van der Waals surface area contributed by atoms with Crippen molar-refractivity contribution in [1.82, 2.24) is 5.43 Å². The van der Waals surface area contributed by atoms with Gasteiger partial charge in [0.05, 0.1) is 26.8 Å². The average Bonchev–Trinajstić information content (AvgIpc) is 3.07. The highest BCUT2D eigenvalue weighted by atomic mass is 79.9. The van der Waals surface area contributed by atoms with Gasteiger partial charge in [-0.15, -0.1) is 0 Å². The SMILES string of the molecule is O=C(N/N=C/c1ccc(-c2cc(Cl)c(Cl)cc2Cl)o1)c1ccccc1Br. The third-order valence-electron chi connectivity index (χ3n) is 3.38. The molecule has 3 rings (SSSR count). The van der Waals surface area contributed by atoms with E-state index in [1.165, 1.54) is 6.21 Å². The van der Waals surface area contributed by atoms with E-state index >= 15 is 0 Å². The fourth-order valence-electron chi connectivity index (χ4n) is 2.14. The van der Waals surface area contributed by atoms with Crippen LogP contribution in [0.15, 0.2) is 62.5 Å². The molecule has 0 bridgehead atoms. The zero-order valence-corrected chi connectivity index (χ0v) is 16.8. The standard InChI is InChI=1S/C18H10BrCl3N2O2/c19-13-4-2-1-3-11(13)18(25)24-23-9-10-5-6-17(26-10)12-7-15(21)16(22)8-14(12)20/h1-9H,(H,24,25)/b23-9+. The first-order chi connectivity index (χ1) is 12.5. The second-order valence-corrected chi connectivity index (χ2v) is 7.20. The lowest BCUT2D eigenvalue weighted by atomic mass is 10.2. The number of carbonyl (C=O) groups excluding carboxylic acids is 1. The van der Waals surface area contributed by atoms with Gasteiger partial charge in [0.2, 0.25) is 0 Å². The number of hydrogen-bond donors (Lipinski definition) is 1. The van der Waals surface area contributed by atoms with Crippen LogP contribution in [-0.2, 0) is 0 Å². The second kappa shape index (κ2) is 8.27. The number of nitrogens with one attached hydrogen (secondary N) is 1. The molecule has 0 aliphatic carbocycles. The summed E-state index contributed by atoms with van der Waals surface area (Å²) in [5, 5.41) is 5.05. The highest BCUT2D eigenvalue weighted by Gasteiger charge is 2.12. The number of furan rings is 1. The van der Waals surface area contributed by atoms with Gasteiger partial charge in [-0.3, -0.25) is 4.79 Å². The molecule has 0 fully saturated rings. The molecule has 0 saturated heterocycles. The summed E-state index contributed by atoms with van der Waals surface area (Å²) < 4.78 is 6.34. The molecule has 8 heteroatoms. The first kappa shape index (κ1) is 19.0. The summed E-state index contributed by atoms with van der Waals surface area (Å²) in [6.45, 7) is 0. The van der Waals surface area contributed by atoms with E-state index in [-0.39, 0.29) is 5.91 Å². The van der Waals surface area contributed by atoms with Gasteiger partial charge < -0.3 is 4.42 Å². The minimum Gasteiger partial charge on any atom is -0.455 e. The number of amides is 1. The molecule has 1 heterocycles. The maximum atomic E-state index is 12.1. The Hall–Kier alpha value is -1.79. The van der Waals surface area contributed by atoms with Crippen LogP contribution in [0.25, 0.3) is 11.3 Å². The third kappa shape index (κ3) is 4.30. The van der Waals surface area contributed by atoms with E-state index in [0.29, 0.717) is 42.2 Å². The highest BCUT2D eigenvalue weighted by molar-refractivity contribution is 9.10. The van der Waals surface area contributed by atoms with Crippen LogP contribution in [0.1, 0.15) is 16.1 Å². The van der Waals surface area contributed by atoms with Gasteiger partial charge in [-0.1, -0.05) is 46.9 Å². The Morgan fingerprint density at radius 3 is 2.54 bits per heavy atom. The molecule has 1 N–H and O–H groups in total. The van der Waals surface area contributed by atoms with Crippen LogP contribution < -0.4 is 5.43 Å². The molecular weight excluding hydrogens is 462 g/mol. The highest BCUT2D eigenvalue weighted by Crippen LogP contribution is 2.35. The number of hydrazone groups is 1. The second-order valence-electron chi connectivity index (χ2n) is 5.13. The molecular formula is C18H10BrCl3N2O2. The van der Waals surface area contributed by atoms with Crippen molar-refractivity contribution in [3.63, 3.8) is 0 Å². The van der Waals surface area contributed by atoms with Gasteiger partial charge in [0.15, 0.2) is 0 Å². The van der Waals surface area contributed by atoms with Crippen LogP contribution in [-0.4, -0.2) is 12.1 Å². The third-order valence-corrected chi connectivity index (χ3v) is 5.10. The molecule has 0 atom stereocenters. The van der Waals surface area contributed by atoms with Crippen molar-refractivity contribution in [3.8, 4) is 11.3 Å². The van der Waals surface area contributed by atoms with Crippen molar-refractivity contribution in [1.29, 1.82) is 0 Å². The number of benzene rings is 2. The van der Waals surface area contributed by atoms with Crippen molar-refractivity contribution in [3.05, 3.63) is 79.4 Å². The molecule has 0 radical (unpaired) electrons. The largest absolute Gasteiger partial charge is 0.455 e. The van der Waals surface area contributed by atoms with Crippen molar-refractivity contribution < 1.29 is 9.21 Å². The van der Waals surface area contributed by atoms with Gasteiger partial charge in [-0.05, 0) is 52.3 Å².